The molecule has 0 heterocycles. The molecule has 17 heavy (non-hydrogen) atoms. The van der Waals surface area contributed by atoms with E-state index >= 15 is 0 Å². The van der Waals surface area contributed by atoms with Gasteiger partial charge in [0.05, 0.1) is 6.61 Å². The van der Waals surface area contributed by atoms with E-state index in [1.807, 2.05) is 6.92 Å². The lowest BCUT2D eigenvalue weighted by atomic mass is 9.76. The van der Waals surface area contributed by atoms with Gasteiger partial charge < -0.3 is 4.74 Å². The van der Waals surface area contributed by atoms with Crippen molar-refractivity contribution < 1.29 is 9.53 Å². The number of hydrogen-bond acceptors (Lipinski definition) is 2. The number of hydrogen-bond donors (Lipinski definition) is 0. The molecule has 0 aromatic rings. The monoisotopic (exact) mass is 240 g/mol. The van der Waals surface area contributed by atoms with Gasteiger partial charge in [-0.05, 0) is 25.2 Å². The average molecular weight is 240 g/mol. The van der Waals surface area contributed by atoms with Gasteiger partial charge in [0.2, 0.25) is 0 Å². The molecule has 0 bridgehead atoms. The summed E-state index contributed by atoms with van der Waals surface area (Å²) >= 11 is 0. The maximum atomic E-state index is 11.6. The van der Waals surface area contributed by atoms with Crippen LogP contribution in [0.3, 0.4) is 0 Å². The fraction of sp³-hybridized carbons (Fsp3) is 0.933. The fourth-order valence-electron chi connectivity index (χ4n) is 3.01. The van der Waals surface area contributed by atoms with E-state index in [-0.39, 0.29) is 5.97 Å². The van der Waals surface area contributed by atoms with Crippen LogP contribution in [-0.2, 0) is 9.53 Å². The molecule has 0 spiro atoms. The van der Waals surface area contributed by atoms with Crippen molar-refractivity contribution in [2.75, 3.05) is 6.61 Å². The van der Waals surface area contributed by atoms with Gasteiger partial charge in [-0.2, -0.15) is 0 Å². The number of ether oxygens (including phenoxy) is 1. The lowest BCUT2D eigenvalue weighted by Crippen LogP contribution is -2.22. The Morgan fingerprint density at radius 1 is 1.24 bits per heavy atom. The number of carbonyl (C=O) groups is 1. The quantitative estimate of drug-likeness (QED) is 0.619. The summed E-state index contributed by atoms with van der Waals surface area (Å²) in [5.74, 6) is 1.37. The Labute approximate surface area is 106 Å². The van der Waals surface area contributed by atoms with Gasteiger partial charge in [-0.3, -0.25) is 4.79 Å². The Morgan fingerprint density at radius 3 is 2.53 bits per heavy atom. The van der Waals surface area contributed by atoms with Gasteiger partial charge in [-0.15, -0.1) is 0 Å². The number of carbonyl (C=O) groups excluding carboxylic acids is 1. The lowest BCUT2D eigenvalue weighted by Gasteiger charge is -2.29. The first-order valence-corrected chi connectivity index (χ1v) is 7.43. The standard InChI is InChI=1S/C15H28O2/c1-3-5-9-14(12-15(16)17-4-2)13-10-7-6-8-11-13/h13-14H,3-12H2,1-2H3. The summed E-state index contributed by atoms with van der Waals surface area (Å²) in [6.07, 6.45) is 11.1. The van der Waals surface area contributed by atoms with E-state index < -0.39 is 0 Å². The highest BCUT2D eigenvalue weighted by Gasteiger charge is 2.25. The number of rotatable bonds is 7. The lowest BCUT2D eigenvalue weighted by molar-refractivity contribution is -0.144. The van der Waals surface area contributed by atoms with Crippen molar-refractivity contribution in [2.45, 2.75) is 71.6 Å². The predicted octanol–water partition coefficient (Wildman–Crippen LogP) is 4.33. The summed E-state index contributed by atoms with van der Waals surface area (Å²) in [6, 6.07) is 0. The highest BCUT2D eigenvalue weighted by atomic mass is 16.5. The average Bonchev–Trinajstić information content (AvgIpc) is 2.36. The summed E-state index contributed by atoms with van der Waals surface area (Å²) in [5.41, 5.74) is 0. The Bertz CT molecular complexity index is 207. The third-order valence-electron chi connectivity index (χ3n) is 3.98. The van der Waals surface area contributed by atoms with Crippen LogP contribution in [0.15, 0.2) is 0 Å². The topological polar surface area (TPSA) is 26.3 Å². The first-order valence-electron chi connectivity index (χ1n) is 7.43. The second-order valence-electron chi connectivity index (χ2n) is 5.31. The van der Waals surface area contributed by atoms with Crippen molar-refractivity contribution in [2.24, 2.45) is 11.8 Å². The van der Waals surface area contributed by atoms with Crippen LogP contribution in [0, 0.1) is 11.8 Å². The van der Waals surface area contributed by atoms with E-state index in [1.165, 1.54) is 51.4 Å². The van der Waals surface area contributed by atoms with Crippen LogP contribution >= 0.6 is 0 Å². The Morgan fingerprint density at radius 2 is 1.94 bits per heavy atom. The third kappa shape index (κ3) is 5.56. The van der Waals surface area contributed by atoms with Crippen molar-refractivity contribution in [3.63, 3.8) is 0 Å². The van der Waals surface area contributed by atoms with Crippen molar-refractivity contribution in [3.8, 4) is 0 Å². The number of esters is 1. The zero-order chi connectivity index (χ0) is 12.5. The highest BCUT2D eigenvalue weighted by molar-refractivity contribution is 5.69. The second kappa shape index (κ2) is 8.54. The van der Waals surface area contributed by atoms with Crippen LogP contribution in [0.5, 0.6) is 0 Å². The minimum absolute atomic E-state index is 0.0131. The van der Waals surface area contributed by atoms with Gasteiger partial charge in [0.25, 0.3) is 0 Å². The molecular weight excluding hydrogens is 212 g/mol. The Balaban J connectivity index is 2.43. The molecule has 0 N–H and O–H groups in total. The largest absolute Gasteiger partial charge is 0.466 e. The van der Waals surface area contributed by atoms with Crippen LogP contribution in [0.4, 0.5) is 0 Å². The first-order chi connectivity index (χ1) is 8.27. The van der Waals surface area contributed by atoms with E-state index in [2.05, 4.69) is 6.92 Å². The van der Waals surface area contributed by atoms with Crippen molar-refractivity contribution >= 4 is 5.97 Å². The van der Waals surface area contributed by atoms with E-state index in [4.69, 9.17) is 4.74 Å². The second-order valence-corrected chi connectivity index (χ2v) is 5.31. The summed E-state index contributed by atoms with van der Waals surface area (Å²) < 4.78 is 5.10. The predicted molar refractivity (Wildman–Crippen MR) is 70.8 cm³/mol. The van der Waals surface area contributed by atoms with Gasteiger partial charge in [0, 0.05) is 6.42 Å². The molecule has 1 saturated carbocycles. The third-order valence-corrected chi connectivity index (χ3v) is 3.98. The van der Waals surface area contributed by atoms with E-state index in [9.17, 15) is 4.79 Å². The van der Waals surface area contributed by atoms with Gasteiger partial charge in [-0.25, -0.2) is 0 Å². The zero-order valence-electron chi connectivity index (χ0n) is 11.5. The van der Waals surface area contributed by atoms with Gasteiger partial charge in [0.1, 0.15) is 0 Å². The SMILES string of the molecule is CCCCC(CC(=O)OCC)C1CCCCC1. The Hall–Kier alpha value is -0.530. The zero-order valence-corrected chi connectivity index (χ0v) is 11.5. The minimum Gasteiger partial charge on any atom is -0.466 e. The molecule has 1 aliphatic rings. The molecule has 1 fully saturated rings. The molecule has 0 amide bonds. The van der Waals surface area contributed by atoms with Crippen LogP contribution in [0.2, 0.25) is 0 Å². The summed E-state index contributed by atoms with van der Waals surface area (Å²) in [5, 5.41) is 0. The van der Waals surface area contributed by atoms with E-state index in [0.717, 1.165) is 5.92 Å². The molecule has 0 aromatic carbocycles. The van der Waals surface area contributed by atoms with Crippen LogP contribution in [0.1, 0.15) is 71.6 Å². The molecule has 2 heteroatoms. The van der Waals surface area contributed by atoms with Crippen molar-refractivity contribution in [3.05, 3.63) is 0 Å². The molecular formula is C15H28O2. The summed E-state index contributed by atoms with van der Waals surface area (Å²) in [7, 11) is 0. The summed E-state index contributed by atoms with van der Waals surface area (Å²) in [4.78, 5) is 11.6. The van der Waals surface area contributed by atoms with Gasteiger partial charge in [-0.1, -0.05) is 51.9 Å². The molecule has 0 saturated heterocycles. The van der Waals surface area contributed by atoms with E-state index in [0.29, 0.717) is 18.9 Å². The molecule has 0 aromatic heterocycles. The Kier molecular flexibility index (Phi) is 7.30. The van der Waals surface area contributed by atoms with Crippen molar-refractivity contribution in [1.82, 2.24) is 0 Å². The van der Waals surface area contributed by atoms with E-state index in [1.54, 1.807) is 0 Å². The molecule has 2 nitrogen and oxygen atoms in total. The van der Waals surface area contributed by atoms with Crippen LogP contribution in [-0.4, -0.2) is 12.6 Å². The smallest absolute Gasteiger partial charge is 0.306 e. The molecule has 1 atom stereocenters. The normalized spacial score (nSPS) is 18.9. The molecule has 1 aliphatic carbocycles. The van der Waals surface area contributed by atoms with Crippen molar-refractivity contribution in [1.29, 1.82) is 0 Å². The van der Waals surface area contributed by atoms with Gasteiger partial charge >= 0.3 is 5.97 Å². The minimum atomic E-state index is 0.0131. The van der Waals surface area contributed by atoms with Crippen LogP contribution < -0.4 is 0 Å². The summed E-state index contributed by atoms with van der Waals surface area (Å²) in [6.45, 7) is 4.63. The molecule has 1 unspecified atom stereocenters. The highest BCUT2D eigenvalue weighted by Crippen LogP contribution is 2.34. The molecule has 0 radical (unpaired) electrons. The number of unbranched alkanes of at least 4 members (excludes halogenated alkanes) is 1. The molecule has 1 rings (SSSR count). The first kappa shape index (κ1) is 14.5. The molecule has 0 aliphatic heterocycles. The molecule has 100 valence electrons. The van der Waals surface area contributed by atoms with Gasteiger partial charge in [0.15, 0.2) is 0 Å². The maximum absolute atomic E-state index is 11.6. The fourth-order valence-corrected chi connectivity index (χ4v) is 3.01. The van der Waals surface area contributed by atoms with Crippen LogP contribution in [0.25, 0.3) is 0 Å². The maximum Gasteiger partial charge on any atom is 0.306 e.